The van der Waals surface area contributed by atoms with Gasteiger partial charge in [0.15, 0.2) is 11.5 Å². The van der Waals surface area contributed by atoms with Crippen molar-refractivity contribution in [3.05, 3.63) is 81.6 Å². The average Bonchev–Trinajstić information content (AvgIpc) is 3.55. The number of hydrogen-bond donors (Lipinski definition) is 1. The molecule has 2 N–H and O–H groups in total. The van der Waals surface area contributed by atoms with Crippen molar-refractivity contribution in [2.75, 3.05) is 47.5 Å². The molecule has 0 saturated carbocycles. The lowest BCUT2D eigenvalue weighted by atomic mass is 9.63. The second-order valence-electron chi connectivity index (χ2n) is 11.5. The molecule has 4 atom stereocenters. The SMILES string of the molecule is COc1cc(C(=O)N2CCC(C(C)N3CCC(C(N)=O)(c4cccnc4)C(c4ccc(Cl)c(Cl)c4)C3)C2)cc(OC)c1OC.Cl. The highest BCUT2D eigenvalue weighted by Gasteiger charge is 2.51. The molecule has 3 heterocycles. The van der Waals surface area contributed by atoms with Crippen LogP contribution < -0.4 is 19.9 Å². The first-order valence-electron chi connectivity index (χ1n) is 14.6. The van der Waals surface area contributed by atoms with E-state index in [2.05, 4.69) is 16.8 Å². The quantitative estimate of drug-likeness (QED) is 0.314. The number of nitrogens with zero attached hydrogens (tertiary/aromatic N) is 3. The van der Waals surface area contributed by atoms with Crippen LogP contribution in [0.1, 0.15) is 47.2 Å². The minimum atomic E-state index is -0.966. The highest BCUT2D eigenvalue weighted by Crippen LogP contribution is 2.47. The van der Waals surface area contributed by atoms with Gasteiger partial charge in [-0.2, -0.15) is 0 Å². The minimum Gasteiger partial charge on any atom is -0.493 e. The number of nitrogens with two attached hydrogens (primary N) is 1. The molecule has 0 radical (unpaired) electrons. The molecule has 2 saturated heterocycles. The number of primary amides is 1. The predicted molar refractivity (Wildman–Crippen MR) is 177 cm³/mol. The largest absolute Gasteiger partial charge is 0.493 e. The number of ether oxygens (including phenoxy) is 3. The van der Waals surface area contributed by atoms with Gasteiger partial charge >= 0.3 is 0 Å². The van der Waals surface area contributed by atoms with Crippen LogP contribution in [0.3, 0.4) is 0 Å². The molecule has 2 aliphatic heterocycles. The molecule has 2 aromatic carbocycles. The van der Waals surface area contributed by atoms with Gasteiger partial charge in [-0.1, -0.05) is 35.3 Å². The highest BCUT2D eigenvalue weighted by molar-refractivity contribution is 6.42. The summed E-state index contributed by atoms with van der Waals surface area (Å²) in [5.41, 5.74) is 7.42. The molecular weight excluding hydrogens is 639 g/mol. The number of methoxy groups -OCH3 is 3. The maximum absolute atomic E-state index is 13.6. The second kappa shape index (κ2) is 14.5. The van der Waals surface area contributed by atoms with E-state index in [0.717, 1.165) is 17.5 Å². The van der Waals surface area contributed by atoms with E-state index >= 15 is 0 Å². The third kappa shape index (κ3) is 6.54. The van der Waals surface area contributed by atoms with Crippen LogP contribution in [0, 0.1) is 5.92 Å². The molecule has 0 aliphatic carbocycles. The molecule has 2 amide bonds. The molecular formula is C33H39Cl3N4O5. The van der Waals surface area contributed by atoms with Gasteiger partial charge in [0, 0.05) is 49.6 Å². The fraction of sp³-hybridized carbons (Fsp3) is 0.424. The average molecular weight is 678 g/mol. The van der Waals surface area contributed by atoms with Crippen molar-refractivity contribution < 1.29 is 23.8 Å². The van der Waals surface area contributed by atoms with Crippen LogP contribution in [0.4, 0.5) is 0 Å². The molecule has 0 bridgehead atoms. The van der Waals surface area contributed by atoms with Crippen molar-refractivity contribution >= 4 is 47.4 Å². The molecule has 9 nitrogen and oxygen atoms in total. The Hall–Kier alpha value is -3.24. The molecule has 4 unspecified atom stereocenters. The molecule has 45 heavy (non-hydrogen) atoms. The maximum Gasteiger partial charge on any atom is 0.254 e. The predicted octanol–water partition coefficient (Wildman–Crippen LogP) is 5.60. The number of carbonyl (C=O) groups is 2. The molecule has 2 fully saturated rings. The number of hydrogen-bond acceptors (Lipinski definition) is 7. The molecule has 0 spiro atoms. The minimum absolute atomic E-state index is 0. The van der Waals surface area contributed by atoms with Gasteiger partial charge in [0.25, 0.3) is 5.91 Å². The van der Waals surface area contributed by atoms with E-state index in [4.69, 9.17) is 43.1 Å². The number of likely N-dealkylation sites (tertiary alicyclic amines) is 2. The Morgan fingerprint density at radius 1 is 1.00 bits per heavy atom. The Morgan fingerprint density at radius 3 is 2.29 bits per heavy atom. The van der Waals surface area contributed by atoms with Crippen LogP contribution in [0.5, 0.6) is 17.2 Å². The Morgan fingerprint density at radius 2 is 1.71 bits per heavy atom. The summed E-state index contributed by atoms with van der Waals surface area (Å²) < 4.78 is 16.3. The number of halogens is 3. The van der Waals surface area contributed by atoms with Gasteiger partial charge in [-0.05, 0) is 73.7 Å². The molecule has 1 aromatic heterocycles. The smallest absolute Gasteiger partial charge is 0.254 e. The van der Waals surface area contributed by atoms with Gasteiger partial charge in [-0.15, -0.1) is 12.4 Å². The van der Waals surface area contributed by atoms with E-state index in [1.165, 1.54) is 21.3 Å². The standard InChI is InChI=1S/C33H38Cl2N4O5.ClH/c1-20(22-9-12-39(18-22)31(40)23-15-28(42-2)30(44-4)29(16-23)43-3)38-13-10-33(32(36)41,24-6-5-11-37-17-24)25(19-38)21-7-8-26(34)27(35)14-21;/h5-8,11,14-17,20,22,25H,9-10,12-13,18-19H2,1-4H3,(H2,36,41);1H. The summed E-state index contributed by atoms with van der Waals surface area (Å²) in [6, 6.07) is 12.8. The number of carbonyl (C=O) groups excluding carboxylic acids is 2. The topological polar surface area (TPSA) is 107 Å². The third-order valence-electron chi connectivity index (χ3n) is 9.45. The van der Waals surface area contributed by atoms with E-state index < -0.39 is 11.3 Å². The summed E-state index contributed by atoms with van der Waals surface area (Å²) in [6.07, 6.45) is 4.80. The number of piperidine rings is 1. The summed E-state index contributed by atoms with van der Waals surface area (Å²) in [5, 5.41) is 0.876. The molecule has 12 heteroatoms. The summed E-state index contributed by atoms with van der Waals surface area (Å²) in [7, 11) is 4.60. The third-order valence-corrected chi connectivity index (χ3v) is 10.2. The van der Waals surface area contributed by atoms with E-state index in [1.54, 1.807) is 30.6 Å². The van der Waals surface area contributed by atoms with Crippen molar-refractivity contribution in [1.29, 1.82) is 0 Å². The Bertz CT molecular complexity index is 1500. The molecule has 3 aromatic rings. The van der Waals surface area contributed by atoms with Crippen LogP contribution >= 0.6 is 35.6 Å². The highest BCUT2D eigenvalue weighted by atomic mass is 35.5. The van der Waals surface area contributed by atoms with Crippen LogP contribution in [0.15, 0.2) is 54.9 Å². The number of benzene rings is 2. The zero-order valence-corrected chi connectivity index (χ0v) is 28.1. The van der Waals surface area contributed by atoms with Crippen LogP contribution in [-0.4, -0.2) is 80.1 Å². The van der Waals surface area contributed by atoms with Crippen molar-refractivity contribution in [1.82, 2.24) is 14.8 Å². The fourth-order valence-electron chi connectivity index (χ4n) is 6.92. The van der Waals surface area contributed by atoms with Crippen LogP contribution in [-0.2, 0) is 10.2 Å². The van der Waals surface area contributed by atoms with E-state index in [-0.39, 0.29) is 36.2 Å². The summed E-state index contributed by atoms with van der Waals surface area (Å²) >= 11 is 12.7. The van der Waals surface area contributed by atoms with Gasteiger partial charge in [-0.25, -0.2) is 0 Å². The normalized spacial score (nSPS) is 22.3. The van der Waals surface area contributed by atoms with Crippen molar-refractivity contribution in [2.24, 2.45) is 11.7 Å². The van der Waals surface area contributed by atoms with Crippen molar-refractivity contribution in [3.8, 4) is 17.2 Å². The number of aromatic nitrogens is 1. The second-order valence-corrected chi connectivity index (χ2v) is 12.3. The lowest BCUT2D eigenvalue weighted by Gasteiger charge is -2.49. The first kappa shape index (κ1) is 34.6. The van der Waals surface area contributed by atoms with Gasteiger partial charge < -0.3 is 24.8 Å². The van der Waals surface area contributed by atoms with Crippen molar-refractivity contribution in [3.63, 3.8) is 0 Å². The Balaban J connectivity index is 0.00000461. The van der Waals surface area contributed by atoms with Crippen LogP contribution in [0.2, 0.25) is 10.0 Å². The first-order chi connectivity index (χ1) is 21.1. The van der Waals surface area contributed by atoms with Crippen LogP contribution in [0.25, 0.3) is 0 Å². The summed E-state index contributed by atoms with van der Waals surface area (Å²) in [6.45, 7) is 4.68. The van der Waals surface area contributed by atoms with Crippen molar-refractivity contribution in [2.45, 2.75) is 37.1 Å². The fourth-order valence-corrected chi connectivity index (χ4v) is 7.23. The molecule has 2 aliphatic rings. The zero-order chi connectivity index (χ0) is 31.6. The number of rotatable bonds is 9. The number of pyridine rings is 1. The zero-order valence-electron chi connectivity index (χ0n) is 25.8. The molecule has 5 rings (SSSR count). The Labute approximate surface area is 280 Å². The maximum atomic E-state index is 13.6. The summed E-state index contributed by atoms with van der Waals surface area (Å²) in [4.78, 5) is 35.6. The first-order valence-corrected chi connectivity index (χ1v) is 15.4. The Kier molecular flexibility index (Phi) is 11.1. The monoisotopic (exact) mass is 676 g/mol. The lowest BCUT2D eigenvalue weighted by Crippen LogP contribution is -2.57. The van der Waals surface area contributed by atoms with Gasteiger partial charge in [0.05, 0.1) is 36.8 Å². The van der Waals surface area contributed by atoms with Gasteiger partial charge in [0.1, 0.15) is 0 Å². The van der Waals surface area contributed by atoms with Gasteiger partial charge in [0.2, 0.25) is 11.7 Å². The lowest BCUT2D eigenvalue weighted by molar-refractivity contribution is -0.126. The van der Waals surface area contributed by atoms with E-state index in [0.29, 0.717) is 65.5 Å². The van der Waals surface area contributed by atoms with E-state index in [1.807, 2.05) is 29.2 Å². The van der Waals surface area contributed by atoms with E-state index in [9.17, 15) is 9.59 Å². The van der Waals surface area contributed by atoms with Gasteiger partial charge in [-0.3, -0.25) is 19.5 Å². The number of amides is 2. The summed E-state index contributed by atoms with van der Waals surface area (Å²) in [5.74, 6) is 0.787. The molecule has 242 valence electrons.